The number of hydrogen-bond donors (Lipinski definition) is 0. The Balaban J connectivity index is 2.36. The van der Waals surface area contributed by atoms with Crippen molar-refractivity contribution < 1.29 is 26.5 Å². The number of carbonyl (C=O) groups excluding carboxylic acids is 1. The van der Waals surface area contributed by atoms with Crippen molar-refractivity contribution in [3.63, 3.8) is 0 Å². The predicted molar refractivity (Wildman–Crippen MR) is 86.3 cm³/mol. The summed E-state index contributed by atoms with van der Waals surface area (Å²) in [6.45, 7) is 4.83. The Kier molecular flexibility index (Phi) is 5.23. The summed E-state index contributed by atoms with van der Waals surface area (Å²) in [5.41, 5.74) is 1.06. The third-order valence-corrected chi connectivity index (χ3v) is 4.55. The smallest absolute Gasteiger partial charge is 0.339 e. The summed E-state index contributed by atoms with van der Waals surface area (Å²) >= 11 is 0. The van der Waals surface area contributed by atoms with Gasteiger partial charge in [0.2, 0.25) is 0 Å². The zero-order chi connectivity index (χ0) is 17.9. The van der Waals surface area contributed by atoms with Gasteiger partial charge in [0.25, 0.3) is 0 Å². The summed E-state index contributed by atoms with van der Waals surface area (Å²) in [4.78, 5) is 10.4. The lowest BCUT2D eigenvalue weighted by atomic mass is 10.2. The van der Waals surface area contributed by atoms with Crippen LogP contribution in [0, 0.1) is 19.7 Å². The minimum Gasteiger partial charge on any atom is -0.483 e. The second kappa shape index (κ2) is 7.00. The average molecular weight is 352 g/mol. The molecule has 0 spiro atoms. The Morgan fingerprint density at radius 3 is 2.42 bits per heavy atom. The highest BCUT2D eigenvalue weighted by atomic mass is 32.2. The van der Waals surface area contributed by atoms with E-state index in [1.54, 1.807) is 26.8 Å². The first-order valence-corrected chi connectivity index (χ1v) is 8.56. The first-order valence-electron chi connectivity index (χ1n) is 7.15. The molecule has 0 aliphatic carbocycles. The molecule has 0 aliphatic rings. The van der Waals surface area contributed by atoms with Crippen LogP contribution in [0.1, 0.15) is 18.1 Å². The number of aryl methyl sites for hydroxylation is 2. The maximum absolute atomic E-state index is 13.4. The van der Waals surface area contributed by atoms with Crippen molar-refractivity contribution in [2.45, 2.75) is 31.8 Å². The van der Waals surface area contributed by atoms with E-state index < -0.39 is 22.0 Å². The highest BCUT2D eigenvalue weighted by Crippen LogP contribution is 2.27. The van der Waals surface area contributed by atoms with Gasteiger partial charge >= 0.3 is 10.1 Å². The van der Waals surface area contributed by atoms with Gasteiger partial charge in [0.1, 0.15) is 22.2 Å². The minimum atomic E-state index is -4.20. The van der Waals surface area contributed by atoms with Crippen LogP contribution in [0.2, 0.25) is 0 Å². The first kappa shape index (κ1) is 17.9. The van der Waals surface area contributed by atoms with Crippen molar-refractivity contribution in [1.82, 2.24) is 0 Å². The van der Waals surface area contributed by atoms with Gasteiger partial charge in [-0.15, -0.1) is 0 Å². The summed E-state index contributed by atoms with van der Waals surface area (Å²) in [6.07, 6.45) is -0.0582. The van der Waals surface area contributed by atoms with Crippen molar-refractivity contribution in [1.29, 1.82) is 0 Å². The fourth-order valence-electron chi connectivity index (χ4n) is 2.09. The fourth-order valence-corrected chi connectivity index (χ4v) is 3.25. The Labute approximate surface area is 140 Å². The summed E-state index contributed by atoms with van der Waals surface area (Å²) in [5.74, 6) is -0.349. The van der Waals surface area contributed by atoms with Crippen LogP contribution in [0.5, 0.6) is 11.5 Å². The maximum atomic E-state index is 13.4. The molecule has 0 aliphatic heterocycles. The summed E-state index contributed by atoms with van der Waals surface area (Å²) < 4.78 is 48.6. The van der Waals surface area contributed by atoms with Gasteiger partial charge in [0.15, 0.2) is 12.4 Å². The average Bonchev–Trinajstić information content (AvgIpc) is 2.48. The van der Waals surface area contributed by atoms with Crippen LogP contribution in [-0.2, 0) is 14.9 Å². The molecule has 7 heteroatoms. The molecular weight excluding hydrogens is 335 g/mol. The van der Waals surface area contributed by atoms with Gasteiger partial charge in [-0.3, -0.25) is 4.79 Å². The van der Waals surface area contributed by atoms with Gasteiger partial charge in [-0.05, 0) is 56.2 Å². The standard InChI is InChI=1S/C17H17FO5S/c1-11-6-15(22-13(3)10-19)9-16(7-11)23-24(20,21)17-8-14(18)5-4-12(17)2/h4-10,13H,1-3H3. The highest BCUT2D eigenvalue weighted by molar-refractivity contribution is 7.87. The predicted octanol–water partition coefficient (Wildman–Crippen LogP) is 3.18. The Hall–Kier alpha value is -2.41. The van der Waals surface area contributed by atoms with Crippen LogP contribution in [-0.4, -0.2) is 20.8 Å². The number of carbonyl (C=O) groups is 1. The van der Waals surface area contributed by atoms with E-state index in [0.29, 0.717) is 23.2 Å². The molecule has 128 valence electrons. The van der Waals surface area contributed by atoms with E-state index in [1.165, 1.54) is 24.3 Å². The number of halogens is 1. The molecule has 24 heavy (non-hydrogen) atoms. The van der Waals surface area contributed by atoms with Gasteiger partial charge in [-0.25, -0.2) is 4.39 Å². The van der Waals surface area contributed by atoms with Crippen LogP contribution in [0.25, 0.3) is 0 Å². The molecule has 1 unspecified atom stereocenters. The molecule has 0 heterocycles. The third kappa shape index (κ3) is 4.32. The molecule has 2 aromatic rings. The van der Waals surface area contributed by atoms with E-state index in [-0.39, 0.29) is 10.6 Å². The highest BCUT2D eigenvalue weighted by Gasteiger charge is 2.21. The molecule has 0 radical (unpaired) electrons. The van der Waals surface area contributed by atoms with E-state index in [1.807, 2.05) is 0 Å². The van der Waals surface area contributed by atoms with Crippen molar-refractivity contribution in [3.05, 3.63) is 53.3 Å². The van der Waals surface area contributed by atoms with Crippen molar-refractivity contribution in [3.8, 4) is 11.5 Å². The number of hydrogen-bond acceptors (Lipinski definition) is 5. The molecule has 2 rings (SSSR count). The van der Waals surface area contributed by atoms with Crippen LogP contribution >= 0.6 is 0 Å². The van der Waals surface area contributed by atoms with Crippen molar-refractivity contribution >= 4 is 16.4 Å². The molecule has 0 N–H and O–H groups in total. The van der Waals surface area contributed by atoms with Gasteiger partial charge in [0.05, 0.1) is 0 Å². The van der Waals surface area contributed by atoms with Gasteiger partial charge < -0.3 is 8.92 Å². The third-order valence-electron chi connectivity index (χ3n) is 3.16. The lowest BCUT2D eigenvalue weighted by Crippen LogP contribution is -2.14. The van der Waals surface area contributed by atoms with Crippen molar-refractivity contribution in [2.75, 3.05) is 0 Å². The normalized spacial score (nSPS) is 12.5. The molecule has 2 aromatic carbocycles. The molecule has 0 saturated heterocycles. The largest absolute Gasteiger partial charge is 0.483 e. The monoisotopic (exact) mass is 352 g/mol. The quantitative estimate of drug-likeness (QED) is 0.590. The van der Waals surface area contributed by atoms with Crippen LogP contribution in [0.4, 0.5) is 4.39 Å². The Bertz CT molecular complexity index is 861. The second-order valence-corrected chi connectivity index (χ2v) is 6.90. The molecule has 0 saturated carbocycles. The Morgan fingerprint density at radius 1 is 1.08 bits per heavy atom. The second-order valence-electron chi connectivity index (χ2n) is 5.39. The van der Waals surface area contributed by atoms with Crippen LogP contribution in [0.3, 0.4) is 0 Å². The van der Waals surface area contributed by atoms with Crippen LogP contribution < -0.4 is 8.92 Å². The molecular formula is C17H17FO5S. The fraction of sp³-hybridized carbons (Fsp3) is 0.235. The van der Waals surface area contributed by atoms with E-state index in [2.05, 4.69) is 0 Å². The zero-order valence-electron chi connectivity index (χ0n) is 13.4. The zero-order valence-corrected chi connectivity index (χ0v) is 14.3. The van der Waals surface area contributed by atoms with Crippen LogP contribution in [0.15, 0.2) is 41.3 Å². The van der Waals surface area contributed by atoms with E-state index in [9.17, 15) is 17.6 Å². The molecule has 0 amide bonds. The lowest BCUT2D eigenvalue weighted by molar-refractivity contribution is -0.113. The van der Waals surface area contributed by atoms with Gasteiger partial charge in [-0.1, -0.05) is 6.07 Å². The topological polar surface area (TPSA) is 69.7 Å². The molecule has 5 nitrogen and oxygen atoms in total. The summed E-state index contributed by atoms with van der Waals surface area (Å²) in [5, 5.41) is 0. The van der Waals surface area contributed by atoms with E-state index in [4.69, 9.17) is 8.92 Å². The maximum Gasteiger partial charge on any atom is 0.339 e. The first-order chi connectivity index (χ1) is 11.2. The van der Waals surface area contributed by atoms with Crippen molar-refractivity contribution in [2.24, 2.45) is 0 Å². The van der Waals surface area contributed by atoms with Gasteiger partial charge in [0, 0.05) is 6.07 Å². The number of rotatable bonds is 6. The SMILES string of the molecule is Cc1cc(OC(C)C=O)cc(OS(=O)(=O)c2cc(F)ccc2C)c1. The lowest BCUT2D eigenvalue weighted by Gasteiger charge is -2.13. The number of ether oxygens (including phenoxy) is 1. The minimum absolute atomic E-state index is 0.0201. The Morgan fingerprint density at radius 2 is 1.75 bits per heavy atom. The number of aldehydes is 1. The van der Waals surface area contributed by atoms with E-state index in [0.717, 1.165) is 6.07 Å². The molecule has 1 atom stereocenters. The molecule has 0 bridgehead atoms. The molecule has 0 aromatic heterocycles. The van der Waals surface area contributed by atoms with Gasteiger partial charge in [-0.2, -0.15) is 8.42 Å². The molecule has 0 fully saturated rings. The summed E-state index contributed by atoms with van der Waals surface area (Å²) in [7, 11) is -4.20. The summed E-state index contributed by atoms with van der Waals surface area (Å²) in [6, 6.07) is 7.96. The number of benzene rings is 2. The van der Waals surface area contributed by atoms with E-state index >= 15 is 0 Å².